The maximum atomic E-state index is 14.0. The third-order valence-corrected chi connectivity index (χ3v) is 8.54. The predicted molar refractivity (Wildman–Crippen MR) is 173 cm³/mol. The van der Waals surface area contributed by atoms with Crippen LogP contribution in [0.25, 0.3) is 0 Å². The summed E-state index contributed by atoms with van der Waals surface area (Å²) in [7, 11) is -3.68. The summed E-state index contributed by atoms with van der Waals surface area (Å²) in [5.74, 6) is -0.135. The van der Waals surface area contributed by atoms with Crippen molar-refractivity contribution in [2.75, 3.05) is 23.7 Å². The molecule has 3 aromatic carbocycles. The van der Waals surface area contributed by atoms with E-state index < -0.39 is 16.1 Å². The Morgan fingerprint density at radius 3 is 2.23 bits per heavy atom. The van der Waals surface area contributed by atoms with Gasteiger partial charge in [0.25, 0.3) is 0 Å². The number of nitrogens with zero attached hydrogens (tertiary/aromatic N) is 2. The molecule has 0 saturated heterocycles. The first-order valence-electron chi connectivity index (χ1n) is 14.2. The quantitative estimate of drug-likeness (QED) is 0.215. The number of sulfonamides is 1. The molecule has 3 aromatic rings. The molecule has 0 aliphatic carbocycles. The Balaban J connectivity index is 1.92. The third-order valence-electron chi connectivity index (χ3n) is 6.62. The lowest BCUT2D eigenvalue weighted by Crippen LogP contribution is -2.51. The minimum atomic E-state index is -3.68. The van der Waals surface area contributed by atoms with Crippen molar-refractivity contribution in [3.63, 3.8) is 0 Å². The molecule has 8 nitrogen and oxygen atoms in total. The van der Waals surface area contributed by atoms with Gasteiger partial charge in [0.05, 0.1) is 28.6 Å². The van der Waals surface area contributed by atoms with Crippen LogP contribution >= 0.6 is 23.2 Å². The standard InChI is InChI=1S/C32H39Cl2N3O5S/c1-5-42-30-15-10-9-14-28(30)37(43(4,40)41)19-11-16-31(38)36(22-25-17-18-26(33)27(34)20-25)29(32(39)35-23(2)3)21-24-12-7-6-8-13-24/h6-10,12-15,17-18,20,23,29H,5,11,16,19,21-22H2,1-4H3,(H,35,39)/t29-/m1/s1. The Labute approximate surface area is 265 Å². The number of amides is 2. The normalized spacial score (nSPS) is 12.1. The summed E-state index contributed by atoms with van der Waals surface area (Å²) in [5.41, 5.74) is 2.01. The number of benzene rings is 3. The number of rotatable bonds is 15. The molecule has 11 heteroatoms. The molecule has 0 radical (unpaired) electrons. The number of hydrogen-bond donors (Lipinski definition) is 1. The van der Waals surface area contributed by atoms with Gasteiger partial charge in [-0.15, -0.1) is 0 Å². The summed E-state index contributed by atoms with van der Waals surface area (Å²) in [4.78, 5) is 29.1. The molecule has 0 aliphatic heterocycles. The van der Waals surface area contributed by atoms with Crippen LogP contribution in [0.3, 0.4) is 0 Å². The second-order valence-corrected chi connectivity index (χ2v) is 13.2. The number of halogens is 2. The molecule has 0 saturated carbocycles. The lowest BCUT2D eigenvalue weighted by molar-refractivity contribution is -0.141. The highest BCUT2D eigenvalue weighted by molar-refractivity contribution is 7.92. The van der Waals surface area contributed by atoms with Crippen molar-refractivity contribution < 1.29 is 22.7 Å². The van der Waals surface area contributed by atoms with Gasteiger partial charge < -0.3 is 15.0 Å². The molecule has 0 aromatic heterocycles. The molecule has 0 spiro atoms. The third kappa shape index (κ3) is 10.2. The zero-order chi connectivity index (χ0) is 31.6. The monoisotopic (exact) mass is 647 g/mol. The average Bonchev–Trinajstić information content (AvgIpc) is 2.95. The highest BCUT2D eigenvalue weighted by Gasteiger charge is 2.31. The molecule has 0 aliphatic rings. The zero-order valence-corrected chi connectivity index (χ0v) is 27.3. The second-order valence-electron chi connectivity index (χ2n) is 10.5. The number of carbonyl (C=O) groups excluding carboxylic acids is 2. The number of hydrogen-bond acceptors (Lipinski definition) is 5. The van der Waals surface area contributed by atoms with Crippen molar-refractivity contribution in [3.8, 4) is 5.75 Å². The Bertz CT molecular complexity index is 1490. The first-order valence-corrected chi connectivity index (χ1v) is 16.8. The van der Waals surface area contributed by atoms with E-state index in [1.807, 2.05) is 51.1 Å². The van der Waals surface area contributed by atoms with E-state index in [2.05, 4.69) is 5.32 Å². The number of carbonyl (C=O) groups is 2. The van der Waals surface area contributed by atoms with E-state index in [1.165, 1.54) is 4.31 Å². The topological polar surface area (TPSA) is 96.0 Å². The van der Waals surface area contributed by atoms with E-state index in [-0.39, 0.29) is 43.8 Å². The van der Waals surface area contributed by atoms with Gasteiger partial charge in [0, 0.05) is 32.0 Å². The molecule has 0 unspecified atom stereocenters. The molecule has 43 heavy (non-hydrogen) atoms. The fourth-order valence-corrected chi connectivity index (χ4v) is 5.98. The van der Waals surface area contributed by atoms with Gasteiger partial charge in [-0.3, -0.25) is 13.9 Å². The predicted octanol–water partition coefficient (Wildman–Crippen LogP) is 6.10. The Morgan fingerprint density at radius 2 is 1.60 bits per heavy atom. The number of ether oxygens (including phenoxy) is 1. The van der Waals surface area contributed by atoms with Crippen molar-refractivity contribution in [3.05, 3.63) is 94.0 Å². The van der Waals surface area contributed by atoms with Crippen molar-refractivity contribution >= 4 is 50.7 Å². The van der Waals surface area contributed by atoms with Gasteiger partial charge in [0.1, 0.15) is 11.8 Å². The van der Waals surface area contributed by atoms with Gasteiger partial charge in [-0.2, -0.15) is 0 Å². The number of nitrogens with one attached hydrogen (secondary N) is 1. The van der Waals surface area contributed by atoms with Gasteiger partial charge >= 0.3 is 0 Å². The molecule has 1 N–H and O–H groups in total. The van der Waals surface area contributed by atoms with E-state index in [9.17, 15) is 18.0 Å². The highest BCUT2D eigenvalue weighted by Crippen LogP contribution is 2.30. The van der Waals surface area contributed by atoms with Crippen LogP contribution in [0, 0.1) is 0 Å². The smallest absolute Gasteiger partial charge is 0.243 e. The van der Waals surface area contributed by atoms with E-state index in [0.717, 1.165) is 11.8 Å². The van der Waals surface area contributed by atoms with E-state index in [0.29, 0.717) is 40.1 Å². The van der Waals surface area contributed by atoms with Crippen LogP contribution in [0.4, 0.5) is 5.69 Å². The van der Waals surface area contributed by atoms with Gasteiger partial charge in [0.15, 0.2) is 0 Å². The minimum absolute atomic E-state index is 0.00436. The summed E-state index contributed by atoms with van der Waals surface area (Å²) in [5, 5.41) is 3.68. The van der Waals surface area contributed by atoms with E-state index in [1.54, 1.807) is 47.4 Å². The lowest BCUT2D eigenvalue weighted by Gasteiger charge is -2.32. The first-order chi connectivity index (χ1) is 20.4. The number of para-hydroxylation sites is 2. The Kier molecular flexibility index (Phi) is 12.7. The Hall–Kier alpha value is -3.27. The van der Waals surface area contributed by atoms with Crippen LogP contribution in [0.15, 0.2) is 72.8 Å². The fraction of sp³-hybridized carbons (Fsp3) is 0.375. The average molecular weight is 649 g/mol. The first kappa shape index (κ1) is 34.2. The van der Waals surface area contributed by atoms with E-state index in [4.69, 9.17) is 27.9 Å². The fourth-order valence-electron chi connectivity index (χ4n) is 4.69. The van der Waals surface area contributed by atoms with E-state index >= 15 is 0 Å². The summed E-state index contributed by atoms with van der Waals surface area (Å²) in [6.45, 7) is 6.09. The largest absolute Gasteiger partial charge is 0.492 e. The second kappa shape index (κ2) is 16.0. The van der Waals surface area contributed by atoms with Crippen LogP contribution < -0.4 is 14.4 Å². The maximum Gasteiger partial charge on any atom is 0.243 e. The molecule has 2 amide bonds. The van der Waals surface area contributed by atoms with Crippen molar-refractivity contribution in [2.45, 2.75) is 58.7 Å². The minimum Gasteiger partial charge on any atom is -0.492 e. The lowest BCUT2D eigenvalue weighted by atomic mass is 10.0. The SMILES string of the molecule is CCOc1ccccc1N(CCCC(=O)N(Cc1ccc(Cl)c(Cl)c1)[C@H](Cc1ccccc1)C(=O)NC(C)C)S(C)(=O)=O. The van der Waals surface area contributed by atoms with Crippen LogP contribution in [0.2, 0.25) is 10.0 Å². The van der Waals surface area contributed by atoms with Crippen LogP contribution in [0.5, 0.6) is 5.75 Å². The molecule has 232 valence electrons. The molecular formula is C32H39Cl2N3O5S. The highest BCUT2D eigenvalue weighted by atomic mass is 35.5. The van der Waals surface area contributed by atoms with Gasteiger partial charge in [0.2, 0.25) is 21.8 Å². The molecule has 3 rings (SSSR count). The van der Waals surface area contributed by atoms with Gasteiger partial charge in [-0.1, -0.05) is 71.7 Å². The van der Waals surface area contributed by atoms with Crippen LogP contribution in [-0.4, -0.2) is 56.6 Å². The zero-order valence-electron chi connectivity index (χ0n) is 24.9. The van der Waals surface area contributed by atoms with Crippen molar-refractivity contribution in [1.82, 2.24) is 10.2 Å². The van der Waals surface area contributed by atoms with Crippen LogP contribution in [-0.2, 0) is 32.6 Å². The number of anilines is 1. The maximum absolute atomic E-state index is 14.0. The summed E-state index contributed by atoms with van der Waals surface area (Å²) < 4.78 is 32.5. The van der Waals surface area contributed by atoms with Crippen LogP contribution in [0.1, 0.15) is 44.7 Å². The molecule has 0 fully saturated rings. The Morgan fingerprint density at radius 1 is 0.930 bits per heavy atom. The summed E-state index contributed by atoms with van der Waals surface area (Å²) in [6, 6.07) is 20.5. The summed E-state index contributed by atoms with van der Waals surface area (Å²) >= 11 is 12.4. The van der Waals surface area contributed by atoms with Gasteiger partial charge in [-0.25, -0.2) is 8.42 Å². The molecular weight excluding hydrogens is 609 g/mol. The molecule has 1 atom stereocenters. The van der Waals surface area contributed by atoms with Crippen molar-refractivity contribution in [2.24, 2.45) is 0 Å². The molecule has 0 bridgehead atoms. The van der Waals surface area contributed by atoms with Crippen molar-refractivity contribution in [1.29, 1.82) is 0 Å². The molecule has 0 heterocycles. The van der Waals surface area contributed by atoms with Gasteiger partial charge in [-0.05, 0) is 62.6 Å². The summed E-state index contributed by atoms with van der Waals surface area (Å²) in [6.07, 6.45) is 1.64.